The number of halogens is 4. The Morgan fingerprint density at radius 3 is 2.25 bits per heavy atom. The van der Waals surface area contributed by atoms with E-state index in [2.05, 4.69) is 5.10 Å². The molecule has 28 heavy (non-hydrogen) atoms. The van der Waals surface area contributed by atoms with Crippen molar-refractivity contribution in [3.8, 4) is 16.9 Å². The molecule has 0 fully saturated rings. The molecule has 4 rings (SSSR count). The first-order valence-electron chi connectivity index (χ1n) is 8.09. The molecule has 0 spiro atoms. The molecule has 0 N–H and O–H groups in total. The third-order valence-corrected chi connectivity index (χ3v) is 4.52. The number of hydrogen-bond acceptors (Lipinski definition) is 3. The van der Waals surface area contributed by atoms with Crippen molar-refractivity contribution in [1.82, 2.24) is 9.78 Å². The first kappa shape index (κ1) is 18.2. The van der Waals surface area contributed by atoms with E-state index in [0.29, 0.717) is 16.3 Å². The van der Waals surface area contributed by atoms with Gasteiger partial charge in [-0.1, -0.05) is 29.8 Å². The fourth-order valence-corrected chi connectivity index (χ4v) is 3.19. The van der Waals surface area contributed by atoms with E-state index in [1.807, 2.05) is 0 Å². The number of rotatable bonds is 2. The smallest absolute Gasteiger partial charge is 0.289 e. The van der Waals surface area contributed by atoms with Gasteiger partial charge in [0, 0.05) is 10.6 Å². The summed E-state index contributed by atoms with van der Waals surface area (Å²) in [6.07, 6.45) is -2.21. The van der Waals surface area contributed by atoms with E-state index in [4.69, 9.17) is 11.6 Å². The minimum absolute atomic E-state index is 0.0460. The quantitative estimate of drug-likeness (QED) is 0.596. The van der Waals surface area contributed by atoms with Gasteiger partial charge in [-0.2, -0.15) is 18.3 Å². The summed E-state index contributed by atoms with van der Waals surface area (Å²) < 4.78 is 39.8. The summed E-state index contributed by atoms with van der Waals surface area (Å²) in [6, 6.07) is 10.8. The Balaban J connectivity index is 1.93. The molecule has 0 saturated heterocycles. The van der Waals surface area contributed by atoms with Gasteiger partial charge in [-0.15, -0.1) is 0 Å². The molecular formula is C20H10ClF3N2O2. The average molecular weight is 403 g/mol. The van der Waals surface area contributed by atoms with E-state index in [-0.39, 0.29) is 17.0 Å². The molecule has 140 valence electrons. The molecule has 0 aliphatic heterocycles. The molecule has 1 aliphatic carbocycles. The average Bonchev–Trinajstić information content (AvgIpc) is 3.06. The summed E-state index contributed by atoms with van der Waals surface area (Å²) in [4.78, 5) is 24.9. The van der Waals surface area contributed by atoms with E-state index < -0.39 is 23.3 Å². The molecule has 0 bridgehead atoms. The molecule has 8 heteroatoms. The lowest BCUT2D eigenvalue weighted by molar-refractivity contribution is -0.137. The second kappa shape index (κ2) is 6.45. The van der Waals surface area contributed by atoms with Crippen molar-refractivity contribution in [2.75, 3.05) is 0 Å². The zero-order valence-electron chi connectivity index (χ0n) is 14.0. The number of ketones is 2. The predicted octanol–water partition coefficient (Wildman–Crippen LogP) is 5.15. The third-order valence-electron chi connectivity index (χ3n) is 4.29. The molecule has 0 atom stereocenters. The molecule has 2 aromatic carbocycles. The van der Waals surface area contributed by atoms with Crippen LogP contribution in [0.3, 0.4) is 0 Å². The highest BCUT2D eigenvalue weighted by atomic mass is 35.5. The van der Waals surface area contributed by atoms with Crippen LogP contribution in [-0.2, 0) is 6.18 Å². The van der Waals surface area contributed by atoms with Crippen molar-refractivity contribution in [1.29, 1.82) is 0 Å². The second-order valence-corrected chi connectivity index (χ2v) is 6.54. The van der Waals surface area contributed by atoms with Crippen LogP contribution in [0.5, 0.6) is 0 Å². The van der Waals surface area contributed by atoms with Crippen LogP contribution in [0.15, 0.2) is 60.7 Å². The Labute approximate surface area is 161 Å². The number of nitrogens with zero attached hydrogens (tertiary/aromatic N) is 2. The van der Waals surface area contributed by atoms with E-state index in [1.54, 1.807) is 24.3 Å². The molecule has 0 amide bonds. The number of aromatic nitrogens is 2. The van der Waals surface area contributed by atoms with Gasteiger partial charge in [0.25, 0.3) is 0 Å². The zero-order valence-corrected chi connectivity index (χ0v) is 14.8. The Kier molecular flexibility index (Phi) is 4.19. The van der Waals surface area contributed by atoms with Crippen molar-refractivity contribution in [3.63, 3.8) is 0 Å². The summed E-state index contributed by atoms with van der Waals surface area (Å²) in [7, 11) is 0. The molecular weight excluding hydrogens is 393 g/mol. The van der Waals surface area contributed by atoms with E-state index in [9.17, 15) is 22.8 Å². The van der Waals surface area contributed by atoms with Crippen LogP contribution in [0.1, 0.15) is 26.4 Å². The number of hydrogen-bond donors (Lipinski definition) is 0. The lowest BCUT2D eigenvalue weighted by Gasteiger charge is -2.09. The summed E-state index contributed by atoms with van der Waals surface area (Å²) in [5, 5.41) is 4.77. The lowest BCUT2D eigenvalue weighted by atomic mass is 9.96. The maximum Gasteiger partial charge on any atom is 0.416 e. The highest BCUT2D eigenvalue weighted by Gasteiger charge is 2.32. The molecule has 0 unspecified atom stereocenters. The van der Waals surface area contributed by atoms with Gasteiger partial charge in [0.05, 0.1) is 16.8 Å². The minimum Gasteiger partial charge on any atom is -0.289 e. The van der Waals surface area contributed by atoms with Crippen LogP contribution in [0.4, 0.5) is 13.2 Å². The minimum atomic E-state index is -4.48. The van der Waals surface area contributed by atoms with Gasteiger partial charge in [-0.25, -0.2) is 4.68 Å². The van der Waals surface area contributed by atoms with Crippen LogP contribution < -0.4 is 0 Å². The summed E-state index contributed by atoms with van der Waals surface area (Å²) in [5.74, 6) is -0.877. The maximum atomic E-state index is 12.8. The van der Waals surface area contributed by atoms with E-state index in [1.165, 1.54) is 16.8 Å². The normalized spacial score (nSPS) is 13.7. The first-order chi connectivity index (χ1) is 13.3. The fourth-order valence-electron chi connectivity index (χ4n) is 3.01. The van der Waals surface area contributed by atoms with Crippen molar-refractivity contribution in [3.05, 3.63) is 82.5 Å². The largest absolute Gasteiger partial charge is 0.416 e. The number of benzene rings is 2. The van der Waals surface area contributed by atoms with Gasteiger partial charge >= 0.3 is 6.18 Å². The van der Waals surface area contributed by atoms with Crippen LogP contribution in [-0.4, -0.2) is 21.3 Å². The Bertz CT molecular complexity index is 1150. The topological polar surface area (TPSA) is 52.0 Å². The molecule has 3 aromatic rings. The molecule has 1 heterocycles. The van der Waals surface area contributed by atoms with E-state index >= 15 is 0 Å². The zero-order chi connectivity index (χ0) is 20.1. The van der Waals surface area contributed by atoms with Gasteiger partial charge in [0.2, 0.25) is 5.78 Å². The van der Waals surface area contributed by atoms with Crippen molar-refractivity contribution in [2.45, 2.75) is 6.18 Å². The van der Waals surface area contributed by atoms with Gasteiger partial charge in [-0.05, 0) is 42.5 Å². The maximum absolute atomic E-state index is 12.8. The Hall–Kier alpha value is -3.19. The van der Waals surface area contributed by atoms with Crippen LogP contribution in [0.2, 0.25) is 5.02 Å². The van der Waals surface area contributed by atoms with Crippen LogP contribution >= 0.6 is 11.6 Å². The number of alkyl halides is 3. The van der Waals surface area contributed by atoms with E-state index in [0.717, 1.165) is 24.3 Å². The van der Waals surface area contributed by atoms with Crippen molar-refractivity contribution < 1.29 is 22.8 Å². The predicted molar refractivity (Wildman–Crippen MR) is 96.8 cm³/mol. The summed E-state index contributed by atoms with van der Waals surface area (Å²) in [6.45, 7) is 0. The number of allylic oxidation sites excluding steroid dienone is 2. The molecule has 1 aliphatic rings. The van der Waals surface area contributed by atoms with Crippen LogP contribution in [0, 0.1) is 0 Å². The molecule has 4 nitrogen and oxygen atoms in total. The van der Waals surface area contributed by atoms with Gasteiger partial charge in [0.15, 0.2) is 5.78 Å². The fraction of sp³-hybridized carbons (Fsp3) is 0.0500. The van der Waals surface area contributed by atoms with Gasteiger partial charge < -0.3 is 0 Å². The first-order valence-corrected chi connectivity index (χ1v) is 8.47. The van der Waals surface area contributed by atoms with Gasteiger partial charge in [0.1, 0.15) is 11.4 Å². The number of fused-ring (bicyclic) bond motifs is 1. The van der Waals surface area contributed by atoms with Gasteiger partial charge in [-0.3, -0.25) is 9.59 Å². The third kappa shape index (κ3) is 3.03. The summed E-state index contributed by atoms with van der Waals surface area (Å²) >= 11 is 6.01. The van der Waals surface area contributed by atoms with Crippen molar-refractivity contribution >= 4 is 23.2 Å². The monoisotopic (exact) mass is 402 g/mol. The molecule has 0 saturated carbocycles. The highest BCUT2D eigenvalue weighted by Crippen LogP contribution is 2.34. The summed E-state index contributed by atoms with van der Waals surface area (Å²) in [5.41, 5.74) is 0.157. The van der Waals surface area contributed by atoms with Crippen molar-refractivity contribution in [2.24, 2.45) is 0 Å². The Morgan fingerprint density at radius 1 is 0.929 bits per heavy atom. The second-order valence-electron chi connectivity index (χ2n) is 6.10. The lowest BCUT2D eigenvalue weighted by Crippen LogP contribution is -2.15. The molecule has 0 radical (unpaired) electrons. The van der Waals surface area contributed by atoms with Crippen LogP contribution in [0.25, 0.3) is 16.9 Å². The number of carbonyl (C=O) groups is 2. The highest BCUT2D eigenvalue weighted by molar-refractivity contribution is 6.30. The standard InChI is InChI=1S/C20H10ClF3N2O2/c21-13-2-1-3-14(10-13)26-19-16(28)9-8-15(27)17(19)18(25-26)11-4-6-12(7-5-11)20(22,23)24/h1-10H. The Morgan fingerprint density at radius 2 is 1.61 bits per heavy atom. The molecule has 1 aromatic heterocycles. The number of carbonyl (C=O) groups excluding carboxylic acids is 2. The SMILES string of the molecule is O=C1C=CC(=O)c2c1c(-c1ccc(C(F)(F)F)cc1)nn2-c1cccc(Cl)c1.